The highest BCUT2D eigenvalue weighted by molar-refractivity contribution is 5.82. The number of aliphatic hydroxyl groups excluding tert-OH is 2. The predicted molar refractivity (Wildman–Crippen MR) is 99.2 cm³/mol. The van der Waals surface area contributed by atoms with Crippen molar-refractivity contribution in [1.82, 2.24) is 30.6 Å². The van der Waals surface area contributed by atoms with E-state index in [2.05, 4.69) is 35.9 Å². The number of hydrogen-bond donors (Lipinski definition) is 6. The molecule has 0 aromatic carbocycles. The highest BCUT2D eigenvalue weighted by atomic mass is 16.5. The van der Waals surface area contributed by atoms with Crippen molar-refractivity contribution in [2.75, 3.05) is 25.0 Å². The maximum atomic E-state index is 12.3. The van der Waals surface area contributed by atoms with Gasteiger partial charge in [0.1, 0.15) is 24.1 Å². The van der Waals surface area contributed by atoms with Crippen LogP contribution in [0.25, 0.3) is 11.2 Å². The summed E-state index contributed by atoms with van der Waals surface area (Å²) in [7, 11) is 0. The number of aromatic nitrogens is 4. The molecule has 5 atom stereocenters. The first kappa shape index (κ1) is 19.0. The minimum absolute atomic E-state index is 0.0886. The van der Waals surface area contributed by atoms with E-state index in [0.29, 0.717) is 29.3 Å². The van der Waals surface area contributed by atoms with Gasteiger partial charge in [-0.3, -0.25) is 4.79 Å². The van der Waals surface area contributed by atoms with E-state index in [4.69, 9.17) is 4.74 Å². The van der Waals surface area contributed by atoms with E-state index >= 15 is 0 Å². The number of nitrogens with one attached hydrogen (secondary N) is 4. The number of imidazole rings is 1. The van der Waals surface area contributed by atoms with Gasteiger partial charge in [0.05, 0.1) is 19.0 Å². The van der Waals surface area contributed by atoms with Crippen molar-refractivity contribution in [3.8, 4) is 0 Å². The number of nitrogens with zero attached hydrogens (tertiary/aromatic N) is 3. The Hall–Kier alpha value is -2.34. The van der Waals surface area contributed by atoms with Gasteiger partial charge in [-0.2, -0.15) is 0 Å². The summed E-state index contributed by atoms with van der Waals surface area (Å²) in [5, 5.41) is 29.4. The van der Waals surface area contributed by atoms with Crippen LogP contribution in [0.1, 0.15) is 19.3 Å². The van der Waals surface area contributed by atoms with Crippen molar-refractivity contribution >= 4 is 22.9 Å². The monoisotopic (exact) mass is 391 g/mol. The third-order valence-electron chi connectivity index (χ3n) is 5.28. The summed E-state index contributed by atoms with van der Waals surface area (Å²) in [6.45, 7) is 1.50. The number of H-pyrrole nitrogens is 1. The van der Waals surface area contributed by atoms with Crippen LogP contribution in [0.5, 0.6) is 0 Å². The van der Waals surface area contributed by atoms with Gasteiger partial charge < -0.3 is 35.9 Å². The van der Waals surface area contributed by atoms with E-state index in [1.807, 2.05) is 0 Å². The van der Waals surface area contributed by atoms with Crippen LogP contribution in [-0.2, 0) is 9.53 Å². The molecule has 0 aliphatic carbocycles. The van der Waals surface area contributed by atoms with Crippen LogP contribution in [0.2, 0.25) is 0 Å². The fraction of sp³-hybridized carbons (Fsp3) is 0.647. The molecular formula is C17H25N7O4. The SMILES string of the molecule is O=C(C[C@H]1CCNC1)N[C@@H]1C[C@H](O)[C@@H](Nc2ncnc3nc[nH]c23)O[C@H]1CO. The Bertz CT molecular complexity index is 810. The van der Waals surface area contributed by atoms with Crippen molar-refractivity contribution in [3.63, 3.8) is 0 Å². The van der Waals surface area contributed by atoms with Crippen LogP contribution in [0.15, 0.2) is 12.7 Å². The van der Waals surface area contributed by atoms with E-state index in [0.717, 1.165) is 19.5 Å². The Morgan fingerprint density at radius 2 is 2.25 bits per heavy atom. The Kier molecular flexibility index (Phi) is 5.67. The van der Waals surface area contributed by atoms with Crippen molar-refractivity contribution < 1.29 is 19.7 Å². The zero-order valence-corrected chi connectivity index (χ0v) is 15.3. The van der Waals surface area contributed by atoms with Crippen LogP contribution >= 0.6 is 0 Å². The molecule has 6 N–H and O–H groups in total. The smallest absolute Gasteiger partial charge is 0.220 e. The summed E-state index contributed by atoms with van der Waals surface area (Å²) in [5.41, 5.74) is 1.09. The van der Waals surface area contributed by atoms with E-state index in [1.165, 1.54) is 12.7 Å². The number of rotatable bonds is 6. The third-order valence-corrected chi connectivity index (χ3v) is 5.28. The molecule has 11 heteroatoms. The van der Waals surface area contributed by atoms with E-state index < -0.39 is 24.5 Å². The summed E-state index contributed by atoms with van der Waals surface area (Å²) >= 11 is 0. The van der Waals surface area contributed by atoms with Crippen LogP contribution in [0.4, 0.5) is 5.82 Å². The summed E-state index contributed by atoms with van der Waals surface area (Å²) in [4.78, 5) is 27.5. The number of hydrogen-bond acceptors (Lipinski definition) is 9. The summed E-state index contributed by atoms with van der Waals surface area (Å²) in [5.74, 6) is 0.680. The average molecular weight is 391 g/mol. The van der Waals surface area contributed by atoms with E-state index in [1.54, 1.807) is 0 Å². The van der Waals surface area contributed by atoms with E-state index in [-0.39, 0.29) is 18.9 Å². The minimum atomic E-state index is -0.894. The lowest BCUT2D eigenvalue weighted by atomic mass is 9.97. The Labute approximate surface area is 161 Å². The highest BCUT2D eigenvalue weighted by Crippen LogP contribution is 2.24. The van der Waals surface area contributed by atoms with Crippen LogP contribution < -0.4 is 16.0 Å². The number of aliphatic hydroxyl groups is 2. The molecule has 0 bridgehead atoms. The molecule has 2 saturated heterocycles. The quantitative estimate of drug-likeness (QED) is 0.353. The number of ether oxygens (including phenoxy) is 1. The molecule has 0 saturated carbocycles. The van der Waals surface area contributed by atoms with Gasteiger partial charge in [-0.05, 0) is 25.4 Å². The summed E-state index contributed by atoms with van der Waals surface area (Å²) in [6.07, 6.45) is 2.22. The molecule has 2 fully saturated rings. The molecule has 1 amide bonds. The molecule has 2 aromatic heterocycles. The van der Waals surface area contributed by atoms with Crippen molar-refractivity contribution in [3.05, 3.63) is 12.7 Å². The predicted octanol–water partition coefficient (Wildman–Crippen LogP) is -1.28. The van der Waals surface area contributed by atoms with Gasteiger partial charge in [0.25, 0.3) is 0 Å². The van der Waals surface area contributed by atoms with Crippen LogP contribution in [0.3, 0.4) is 0 Å². The first-order chi connectivity index (χ1) is 13.6. The lowest BCUT2D eigenvalue weighted by molar-refractivity contribution is -0.142. The molecule has 2 aliphatic heterocycles. The van der Waals surface area contributed by atoms with Gasteiger partial charge in [0.2, 0.25) is 5.91 Å². The lowest BCUT2D eigenvalue weighted by Gasteiger charge is -2.39. The highest BCUT2D eigenvalue weighted by Gasteiger charge is 2.38. The number of carbonyl (C=O) groups is 1. The molecule has 4 heterocycles. The van der Waals surface area contributed by atoms with Crippen molar-refractivity contribution in [2.24, 2.45) is 5.92 Å². The second kappa shape index (κ2) is 8.35. The minimum Gasteiger partial charge on any atom is -0.394 e. The largest absolute Gasteiger partial charge is 0.394 e. The van der Waals surface area contributed by atoms with Crippen molar-refractivity contribution in [1.29, 1.82) is 0 Å². The number of anilines is 1. The molecule has 2 aliphatic rings. The maximum Gasteiger partial charge on any atom is 0.220 e. The molecule has 4 rings (SSSR count). The fourth-order valence-electron chi connectivity index (χ4n) is 3.79. The molecule has 28 heavy (non-hydrogen) atoms. The molecule has 2 aromatic rings. The number of fused-ring (bicyclic) bond motifs is 1. The normalized spacial score (nSPS) is 30.4. The van der Waals surface area contributed by atoms with E-state index in [9.17, 15) is 15.0 Å². The van der Waals surface area contributed by atoms with Gasteiger partial charge in [-0.15, -0.1) is 0 Å². The topological polar surface area (TPSA) is 157 Å². The summed E-state index contributed by atoms with van der Waals surface area (Å²) < 4.78 is 5.83. The average Bonchev–Trinajstić information content (AvgIpc) is 3.35. The van der Waals surface area contributed by atoms with Crippen LogP contribution in [0, 0.1) is 5.92 Å². The molecule has 152 valence electrons. The molecule has 0 unspecified atom stereocenters. The number of amides is 1. The second-order valence-corrected chi connectivity index (χ2v) is 7.29. The Morgan fingerprint density at radius 3 is 3.04 bits per heavy atom. The van der Waals surface area contributed by atoms with Gasteiger partial charge in [0.15, 0.2) is 17.7 Å². The number of aromatic amines is 1. The summed E-state index contributed by atoms with van der Waals surface area (Å²) in [6, 6.07) is -0.461. The first-order valence-corrected chi connectivity index (χ1v) is 9.49. The van der Waals surface area contributed by atoms with Gasteiger partial charge in [-0.1, -0.05) is 0 Å². The number of carbonyl (C=O) groups excluding carboxylic acids is 1. The molecule has 11 nitrogen and oxygen atoms in total. The molecule has 0 radical (unpaired) electrons. The standard InChI is InChI=1S/C17H25N7O4/c25-6-12-10(23-13(27)3-9-1-2-18-5-9)4-11(26)17(28-12)24-16-14-15(20-7-19-14)21-8-22-16/h7-12,17-18,25-26H,1-6H2,(H,23,27)(H2,19,20,21,22,24)/t9-,10-,11+,12+,17+/m1/s1. The Morgan fingerprint density at radius 1 is 1.36 bits per heavy atom. The third kappa shape index (κ3) is 4.07. The Balaban J connectivity index is 1.38. The van der Waals surface area contributed by atoms with Crippen LogP contribution in [-0.4, -0.2) is 80.2 Å². The van der Waals surface area contributed by atoms with Gasteiger partial charge >= 0.3 is 0 Å². The molecular weight excluding hydrogens is 366 g/mol. The van der Waals surface area contributed by atoms with Gasteiger partial charge in [0, 0.05) is 12.8 Å². The lowest BCUT2D eigenvalue weighted by Crippen LogP contribution is -2.57. The van der Waals surface area contributed by atoms with Crippen molar-refractivity contribution in [2.45, 2.75) is 43.7 Å². The molecule has 0 spiro atoms. The fourth-order valence-corrected chi connectivity index (χ4v) is 3.79. The first-order valence-electron chi connectivity index (χ1n) is 9.49. The zero-order chi connectivity index (χ0) is 19.5. The zero-order valence-electron chi connectivity index (χ0n) is 15.3. The van der Waals surface area contributed by atoms with Gasteiger partial charge in [-0.25, -0.2) is 15.0 Å². The second-order valence-electron chi connectivity index (χ2n) is 7.29. The maximum absolute atomic E-state index is 12.3.